The molecule has 1 aliphatic heterocycles. The molecule has 0 bridgehead atoms. The van der Waals surface area contributed by atoms with Gasteiger partial charge in [-0.25, -0.2) is 4.79 Å². The molecule has 5 nitrogen and oxygen atoms in total. The molecule has 3 amide bonds. The SMILES string of the molecule is COc1ccc(CC[C@@]2(C)NC(=O)N(Cc3ccc(Br)cc3)C2=O)cc1. The Morgan fingerprint density at radius 2 is 1.65 bits per heavy atom. The van der Waals surface area contributed by atoms with Crippen molar-refractivity contribution in [2.75, 3.05) is 7.11 Å². The predicted octanol–water partition coefficient (Wildman–Crippen LogP) is 3.90. The number of urea groups is 1. The van der Waals surface area contributed by atoms with Gasteiger partial charge in [-0.1, -0.05) is 40.2 Å². The highest BCUT2D eigenvalue weighted by Gasteiger charge is 2.47. The molecular formula is C20H21BrN2O3. The summed E-state index contributed by atoms with van der Waals surface area (Å²) in [7, 11) is 1.63. The van der Waals surface area contributed by atoms with Crippen LogP contribution in [0.4, 0.5) is 4.79 Å². The number of aryl methyl sites for hydroxylation is 1. The third-order valence-corrected chi connectivity index (χ3v) is 5.20. The van der Waals surface area contributed by atoms with Gasteiger partial charge in [-0.15, -0.1) is 0 Å². The third-order valence-electron chi connectivity index (χ3n) is 4.67. The van der Waals surface area contributed by atoms with E-state index in [1.807, 2.05) is 48.5 Å². The lowest BCUT2D eigenvalue weighted by atomic mass is 9.93. The quantitative estimate of drug-likeness (QED) is 0.726. The molecule has 2 aromatic carbocycles. The minimum Gasteiger partial charge on any atom is -0.497 e. The second kappa shape index (κ2) is 7.50. The fourth-order valence-corrected chi connectivity index (χ4v) is 3.28. The van der Waals surface area contributed by atoms with Gasteiger partial charge in [0.2, 0.25) is 0 Å². The summed E-state index contributed by atoms with van der Waals surface area (Å²) in [6.07, 6.45) is 1.24. The van der Waals surface area contributed by atoms with Gasteiger partial charge in [0.25, 0.3) is 5.91 Å². The summed E-state index contributed by atoms with van der Waals surface area (Å²) in [5, 5.41) is 2.86. The first-order valence-corrected chi connectivity index (χ1v) is 9.22. The number of rotatable bonds is 6. The van der Waals surface area contributed by atoms with Gasteiger partial charge in [-0.3, -0.25) is 9.69 Å². The van der Waals surface area contributed by atoms with Crippen LogP contribution in [0.15, 0.2) is 53.0 Å². The summed E-state index contributed by atoms with van der Waals surface area (Å²) in [4.78, 5) is 26.5. The lowest BCUT2D eigenvalue weighted by molar-refractivity contribution is -0.131. The molecule has 1 atom stereocenters. The summed E-state index contributed by atoms with van der Waals surface area (Å²) in [5.74, 6) is 0.616. The van der Waals surface area contributed by atoms with Gasteiger partial charge in [0.1, 0.15) is 11.3 Å². The summed E-state index contributed by atoms with van der Waals surface area (Å²) in [6.45, 7) is 2.06. The number of carbonyl (C=O) groups is 2. The monoisotopic (exact) mass is 416 g/mol. The molecule has 136 valence electrons. The van der Waals surface area contributed by atoms with Crippen LogP contribution in [-0.2, 0) is 17.8 Å². The Bertz CT molecular complexity index is 805. The van der Waals surface area contributed by atoms with Crippen LogP contribution in [0, 0.1) is 0 Å². The van der Waals surface area contributed by atoms with Crippen molar-refractivity contribution in [2.24, 2.45) is 0 Å². The minimum absolute atomic E-state index is 0.182. The lowest BCUT2D eigenvalue weighted by Crippen LogP contribution is -2.44. The zero-order valence-electron chi connectivity index (χ0n) is 14.8. The van der Waals surface area contributed by atoms with E-state index in [0.717, 1.165) is 21.3 Å². The van der Waals surface area contributed by atoms with Crippen LogP contribution in [0.3, 0.4) is 0 Å². The number of carbonyl (C=O) groups excluding carboxylic acids is 2. The highest BCUT2D eigenvalue weighted by atomic mass is 79.9. The van der Waals surface area contributed by atoms with Crippen LogP contribution in [0.2, 0.25) is 0 Å². The lowest BCUT2D eigenvalue weighted by Gasteiger charge is -2.21. The summed E-state index contributed by atoms with van der Waals surface area (Å²) < 4.78 is 6.12. The van der Waals surface area contributed by atoms with E-state index in [9.17, 15) is 9.59 Å². The van der Waals surface area contributed by atoms with E-state index in [-0.39, 0.29) is 18.5 Å². The second-order valence-electron chi connectivity index (χ2n) is 6.63. The number of hydrogen-bond donors (Lipinski definition) is 1. The number of imide groups is 1. The Morgan fingerprint density at radius 3 is 2.27 bits per heavy atom. The third kappa shape index (κ3) is 3.90. The number of ether oxygens (including phenoxy) is 1. The standard InChI is InChI=1S/C20H21BrN2O3/c1-20(12-11-14-5-9-17(26-2)10-6-14)18(24)23(19(25)22-20)13-15-3-7-16(21)8-4-15/h3-10H,11-13H2,1-2H3,(H,22,25)/t20-/m1/s1. The van der Waals surface area contributed by atoms with Crippen LogP contribution < -0.4 is 10.1 Å². The highest BCUT2D eigenvalue weighted by molar-refractivity contribution is 9.10. The Balaban J connectivity index is 1.66. The van der Waals surface area contributed by atoms with Crippen LogP contribution >= 0.6 is 15.9 Å². The summed E-state index contributed by atoms with van der Waals surface area (Å²) in [5.41, 5.74) is 1.13. The molecule has 1 aliphatic rings. The average Bonchev–Trinajstić information content (AvgIpc) is 2.86. The van der Waals surface area contributed by atoms with Crippen LogP contribution in [0.25, 0.3) is 0 Å². The van der Waals surface area contributed by atoms with E-state index in [4.69, 9.17) is 4.74 Å². The van der Waals surface area contributed by atoms with Crippen molar-refractivity contribution < 1.29 is 14.3 Å². The van der Waals surface area contributed by atoms with Crippen molar-refractivity contribution >= 4 is 27.9 Å². The van der Waals surface area contributed by atoms with Crippen molar-refractivity contribution in [1.29, 1.82) is 0 Å². The Labute approximate surface area is 161 Å². The molecule has 1 saturated heterocycles. The van der Waals surface area contributed by atoms with Gasteiger partial charge < -0.3 is 10.1 Å². The van der Waals surface area contributed by atoms with Gasteiger partial charge >= 0.3 is 6.03 Å². The van der Waals surface area contributed by atoms with Gasteiger partial charge in [0, 0.05) is 4.47 Å². The molecule has 0 unspecified atom stereocenters. The summed E-state index contributed by atoms with van der Waals surface area (Å²) >= 11 is 3.38. The van der Waals surface area contributed by atoms with E-state index in [1.54, 1.807) is 14.0 Å². The number of hydrogen-bond acceptors (Lipinski definition) is 3. The van der Waals surface area contributed by atoms with E-state index in [2.05, 4.69) is 21.2 Å². The van der Waals surface area contributed by atoms with E-state index in [0.29, 0.717) is 12.8 Å². The van der Waals surface area contributed by atoms with Gasteiger partial charge in [0.15, 0.2) is 0 Å². The first kappa shape index (κ1) is 18.5. The highest BCUT2D eigenvalue weighted by Crippen LogP contribution is 2.25. The number of nitrogens with zero attached hydrogens (tertiary/aromatic N) is 1. The van der Waals surface area contributed by atoms with E-state index in [1.165, 1.54) is 4.90 Å². The average molecular weight is 417 g/mol. The zero-order chi connectivity index (χ0) is 18.7. The van der Waals surface area contributed by atoms with Crippen LogP contribution in [-0.4, -0.2) is 29.5 Å². The molecular weight excluding hydrogens is 396 g/mol. The van der Waals surface area contributed by atoms with Crippen molar-refractivity contribution in [2.45, 2.75) is 31.8 Å². The number of amides is 3. The Kier molecular flexibility index (Phi) is 5.32. The molecule has 2 aromatic rings. The fraction of sp³-hybridized carbons (Fsp3) is 0.300. The van der Waals surface area contributed by atoms with Crippen molar-refractivity contribution in [3.63, 3.8) is 0 Å². The molecule has 26 heavy (non-hydrogen) atoms. The molecule has 1 N–H and O–H groups in total. The number of halogens is 1. The Hall–Kier alpha value is -2.34. The maximum atomic E-state index is 12.8. The topological polar surface area (TPSA) is 58.6 Å². The summed E-state index contributed by atoms with van der Waals surface area (Å²) in [6, 6.07) is 15.0. The number of methoxy groups -OCH3 is 1. The normalized spacial score (nSPS) is 19.6. The van der Waals surface area contributed by atoms with Crippen molar-refractivity contribution in [1.82, 2.24) is 10.2 Å². The van der Waals surface area contributed by atoms with Crippen molar-refractivity contribution in [3.8, 4) is 5.75 Å². The number of nitrogens with one attached hydrogen (secondary N) is 1. The van der Waals surface area contributed by atoms with E-state index < -0.39 is 5.54 Å². The predicted molar refractivity (Wildman–Crippen MR) is 103 cm³/mol. The zero-order valence-corrected chi connectivity index (χ0v) is 16.4. The largest absolute Gasteiger partial charge is 0.497 e. The van der Waals surface area contributed by atoms with Gasteiger partial charge in [0.05, 0.1) is 13.7 Å². The molecule has 0 aliphatic carbocycles. The number of benzene rings is 2. The molecule has 0 saturated carbocycles. The molecule has 0 radical (unpaired) electrons. The molecule has 1 fully saturated rings. The maximum absolute atomic E-state index is 12.8. The smallest absolute Gasteiger partial charge is 0.325 e. The fourth-order valence-electron chi connectivity index (χ4n) is 3.02. The van der Waals surface area contributed by atoms with E-state index >= 15 is 0 Å². The van der Waals surface area contributed by atoms with Crippen LogP contribution in [0.5, 0.6) is 5.75 Å². The van der Waals surface area contributed by atoms with Gasteiger partial charge in [-0.2, -0.15) is 0 Å². The maximum Gasteiger partial charge on any atom is 0.325 e. The van der Waals surface area contributed by atoms with Crippen molar-refractivity contribution in [3.05, 3.63) is 64.1 Å². The Morgan fingerprint density at radius 1 is 1.04 bits per heavy atom. The second-order valence-corrected chi connectivity index (χ2v) is 7.54. The van der Waals surface area contributed by atoms with Crippen LogP contribution in [0.1, 0.15) is 24.5 Å². The van der Waals surface area contributed by atoms with Gasteiger partial charge in [-0.05, 0) is 55.2 Å². The first-order valence-electron chi connectivity index (χ1n) is 8.43. The molecule has 0 spiro atoms. The molecule has 6 heteroatoms. The molecule has 3 rings (SSSR count). The first-order chi connectivity index (χ1) is 12.4. The molecule has 0 aromatic heterocycles. The minimum atomic E-state index is -0.883. The molecule has 1 heterocycles.